The number of phosphoric ester groups is 2. The largest absolute Gasteiger partial charge is 0.472 e. The second-order valence-corrected chi connectivity index (χ2v) is 28.6. The third-order valence-electron chi connectivity index (χ3n) is 16.0. The number of rotatable bonds is 73. The zero-order valence-electron chi connectivity index (χ0n) is 63.0. The minimum atomic E-state index is -4.94. The maximum absolute atomic E-state index is 12.9. The maximum Gasteiger partial charge on any atom is 0.472 e. The number of aliphatic hydroxyl groups is 2. The molecule has 0 amide bonds. The average molecular weight is 1460 g/mol. The first-order valence-electron chi connectivity index (χ1n) is 39.1. The first kappa shape index (κ1) is 96.4. The first-order valence-corrected chi connectivity index (χ1v) is 42.1. The van der Waals surface area contributed by atoms with Crippen molar-refractivity contribution in [3.8, 4) is 0 Å². The van der Waals surface area contributed by atoms with E-state index in [1.807, 2.05) is 0 Å². The number of hydrogen-bond acceptors (Lipinski definition) is 14. The number of esters is 3. The fourth-order valence-corrected chi connectivity index (χ4v) is 11.8. The predicted octanol–water partition coefficient (Wildman–Crippen LogP) is 22.9. The van der Waals surface area contributed by atoms with Crippen molar-refractivity contribution in [2.75, 3.05) is 39.6 Å². The van der Waals surface area contributed by atoms with Gasteiger partial charge in [-0.05, 0) is 135 Å². The molecule has 0 aliphatic rings. The standard InChI is InChI=1S/C83H140O16P2/c1-4-7-10-13-16-19-22-25-28-29-30-31-32-33-34-35-36-37-38-39-40-41-42-43-44-45-46-47-50-52-54-57-60-63-66-69-81(86)93-72-78(84)73-95-100(89,90)96-74-79(85)75-97-101(91,92)98-77-80(99-83(88)71-68-65-62-59-56-53-49-27-24-21-18-15-12-9-6-3)76-94-82(87)70-67-64-61-58-55-51-48-26-23-20-17-14-11-8-5-2/h7-12,16-21,25-28,30-31,33-34,36-37,48-49,78-80,84-85H,4-6,13-15,22-24,29,32,35,38-47,50-77H2,1-3H3,(H,89,90)(H,91,92)/b10-7-,11-8-,12-9-,19-16-,20-17-,21-18-,28-25-,31-30-,34-33-,37-36-,48-26-,49-27-. The van der Waals surface area contributed by atoms with Gasteiger partial charge in [0, 0.05) is 19.3 Å². The summed E-state index contributed by atoms with van der Waals surface area (Å²) in [5.74, 6) is -1.61. The van der Waals surface area contributed by atoms with Gasteiger partial charge in [-0.1, -0.05) is 295 Å². The van der Waals surface area contributed by atoms with Crippen LogP contribution in [0.3, 0.4) is 0 Å². The van der Waals surface area contributed by atoms with Crippen molar-refractivity contribution in [1.29, 1.82) is 0 Å². The first-order chi connectivity index (χ1) is 49.2. The van der Waals surface area contributed by atoms with Crippen LogP contribution in [0, 0.1) is 0 Å². The minimum Gasteiger partial charge on any atom is -0.463 e. The molecular weight excluding hydrogens is 1310 g/mol. The second-order valence-electron chi connectivity index (χ2n) is 25.7. The lowest BCUT2D eigenvalue weighted by Crippen LogP contribution is -2.30. The number of carbonyl (C=O) groups is 3. The minimum absolute atomic E-state index is 0.0785. The van der Waals surface area contributed by atoms with Crippen molar-refractivity contribution >= 4 is 33.6 Å². The molecule has 578 valence electrons. The topological polar surface area (TPSA) is 231 Å². The van der Waals surface area contributed by atoms with Gasteiger partial charge in [-0.3, -0.25) is 32.5 Å². The van der Waals surface area contributed by atoms with Gasteiger partial charge in [0.15, 0.2) is 6.10 Å². The zero-order chi connectivity index (χ0) is 73.7. The Morgan fingerprint density at radius 2 is 0.495 bits per heavy atom. The normalized spacial score (nSPS) is 14.8. The Labute approximate surface area is 613 Å². The molecular formula is C83H140O16P2. The van der Waals surface area contributed by atoms with E-state index in [0.717, 1.165) is 161 Å². The lowest BCUT2D eigenvalue weighted by Gasteiger charge is -2.21. The summed E-state index contributed by atoms with van der Waals surface area (Å²) >= 11 is 0. The molecule has 0 aliphatic heterocycles. The fourth-order valence-electron chi connectivity index (χ4n) is 10.2. The van der Waals surface area contributed by atoms with Crippen molar-refractivity contribution in [2.24, 2.45) is 0 Å². The Morgan fingerprint density at radius 3 is 0.782 bits per heavy atom. The van der Waals surface area contributed by atoms with Crippen molar-refractivity contribution in [2.45, 2.75) is 322 Å². The number of ether oxygens (including phenoxy) is 3. The van der Waals surface area contributed by atoms with Crippen molar-refractivity contribution < 1.29 is 75.8 Å². The Morgan fingerprint density at radius 1 is 0.277 bits per heavy atom. The van der Waals surface area contributed by atoms with Crippen LogP contribution in [0.5, 0.6) is 0 Å². The molecule has 0 aromatic heterocycles. The van der Waals surface area contributed by atoms with Crippen LogP contribution in [0.25, 0.3) is 0 Å². The molecule has 18 heteroatoms. The SMILES string of the molecule is CC/C=C\C/C=C\C/C=C\C/C=C\C/C=C\C/C=C\CCCCCCCCCCCCCCCCCCC(=O)OCC(O)COP(=O)(O)OCC(O)COP(=O)(O)OCC(COC(=O)CCCCCCC/C=C\C/C=C\C/C=C\CC)OC(=O)CCCCCCC/C=C\C/C=C\C/C=C\CC. The molecule has 0 heterocycles. The summed E-state index contributed by atoms with van der Waals surface area (Å²) in [6, 6.07) is 0. The second kappa shape index (κ2) is 75.1. The Hall–Kier alpha value is -4.57. The number of hydrogen-bond donors (Lipinski definition) is 4. The number of carbonyl (C=O) groups excluding carboxylic acids is 3. The molecule has 0 fully saturated rings. The van der Waals surface area contributed by atoms with Crippen molar-refractivity contribution in [1.82, 2.24) is 0 Å². The summed E-state index contributed by atoms with van der Waals surface area (Å²) in [4.78, 5) is 58.5. The molecule has 0 rings (SSSR count). The van der Waals surface area contributed by atoms with Crippen LogP contribution in [0.15, 0.2) is 146 Å². The summed E-state index contributed by atoms with van der Waals surface area (Å²) in [7, 11) is -9.80. The molecule has 0 radical (unpaired) electrons. The molecule has 0 aromatic carbocycles. The summed E-state index contributed by atoms with van der Waals surface area (Å²) in [6.45, 7) is 2.30. The lowest BCUT2D eigenvalue weighted by molar-refractivity contribution is -0.161. The van der Waals surface area contributed by atoms with E-state index in [1.54, 1.807) is 0 Å². The molecule has 0 saturated carbocycles. The van der Waals surface area contributed by atoms with Crippen LogP contribution in [-0.2, 0) is 55.8 Å². The highest BCUT2D eigenvalue weighted by Crippen LogP contribution is 2.45. The van der Waals surface area contributed by atoms with E-state index in [0.29, 0.717) is 19.3 Å². The third-order valence-corrected chi connectivity index (χ3v) is 17.9. The molecule has 5 unspecified atom stereocenters. The number of allylic oxidation sites excluding steroid dienone is 24. The van der Waals surface area contributed by atoms with Gasteiger partial charge in [-0.25, -0.2) is 9.13 Å². The summed E-state index contributed by atoms with van der Waals surface area (Å²) in [5.41, 5.74) is 0. The van der Waals surface area contributed by atoms with Crippen LogP contribution in [0.2, 0.25) is 0 Å². The summed E-state index contributed by atoms with van der Waals surface area (Å²) < 4.78 is 61.0. The van der Waals surface area contributed by atoms with Crippen LogP contribution in [0.1, 0.15) is 303 Å². The van der Waals surface area contributed by atoms with E-state index < -0.39 is 91.5 Å². The molecule has 5 atom stereocenters. The van der Waals surface area contributed by atoms with Gasteiger partial charge in [-0.2, -0.15) is 0 Å². The lowest BCUT2D eigenvalue weighted by atomic mass is 10.0. The Kier molecular flexibility index (Phi) is 71.7. The molecule has 101 heavy (non-hydrogen) atoms. The van der Waals surface area contributed by atoms with Gasteiger partial charge in [0.05, 0.1) is 26.4 Å². The van der Waals surface area contributed by atoms with Crippen molar-refractivity contribution in [3.05, 3.63) is 146 Å². The third kappa shape index (κ3) is 76.4. The van der Waals surface area contributed by atoms with Gasteiger partial charge in [0.25, 0.3) is 0 Å². The predicted molar refractivity (Wildman–Crippen MR) is 417 cm³/mol. The van der Waals surface area contributed by atoms with Gasteiger partial charge >= 0.3 is 33.6 Å². The number of phosphoric acid groups is 2. The van der Waals surface area contributed by atoms with E-state index >= 15 is 0 Å². The summed E-state index contributed by atoms with van der Waals surface area (Å²) in [6.07, 6.45) is 92.1. The van der Waals surface area contributed by atoms with Crippen LogP contribution in [-0.4, -0.2) is 95.9 Å². The van der Waals surface area contributed by atoms with E-state index in [2.05, 4.69) is 167 Å². The molecule has 0 bridgehead atoms. The highest BCUT2D eigenvalue weighted by Gasteiger charge is 2.29. The molecule has 4 N–H and O–H groups in total. The molecule has 0 aromatic rings. The van der Waals surface area contributed by atoms with Crippen LogP contribution in [0.4, 0.5) is 0 Å². The molecule has 0 saturated heterocycles. The highest BCUT2D eigenvalue weighted by molar-refractivity contribution is 7.47. The number of unbranched alkanes of at least 4 members (excludes halogenated alkanes) is 26. The van der Waals surface area contributed by atoms with Gasteiger partial charge in [-0.15, -0.1) is 0 Å². The molecule has 0 aliphatic carbocycles. The number of aliphatic hydroxyl groups excluding tert-OH is 2. The Bertz CT molecular complexity index is 2420. The maximum atomic E-state index is 12.9. The van der Waals surface area contributed by atoms with E-state index in [4.69, 9.17) is 32.3 Å². The van der Waals surface area contributed by atoms with Gasteiger partial charge in [0.2, 0.25) is 0 Å². The van der Waals surface area contributed by atoms with E-state index in [-0.39, 0.29) is 19.3 Å². The monoisotopic (exact) mass is 1450 g/mol. The quantitative estimate of drug-likeness (QED) is 0.0146. The summed E-state index contributed by atoms with van der Waals surface area (Å²) in [5, 5.41) is 20.6. The van der Waals surface area contributed by atoms with Crippen LogP contribution >= 0.6 is 15.6 Å². The average Bonchev–Trinajstić information content (AvgIpc) is 1.74. The fraction of sp³-hybridized carbons (Fsp3) is 0.675. The molecule has 16 nitrogen and oxygen atoms in total. The highest BCUT2D eigenvalue weighted by atomic mass is 31.2. The molecule has 0 spiro atoms. The smallest absolute Gasteiger partial charge is 0.463 e. The van der Waals surface area contributed by atoms with E-state index in [1.165, 1.54) is 83.5 Å². The van der Waals surface area contributed by atoms with Gasteiger partial charge in [0.1, 0.15) is 25.4 Å². The zero-order valence-corrected chi connectivity index (χ0v) is 64.8. The van der Waals surface area contributed by atoms with Crippen LogP contribution < -0.4 is 0 Å². The van der Waals surface area contributed by atoms with Crippen molar-refractivity contribution in [3.63, 3.8) is 0 Å². The van der Waals surface area contributed by atoms with E-state index in [9.17, 15) is 43.5 Å². The Balaban J connectivity index is 4.38. The van der Waals surface area contributed by atoms with Gasteiger partial charge < -0.3 is 34.2 Å².